The summed E-state index contributed by atoms with van der Waals surface area (Å²) in [4.78, 5) is 24.3. The molecule has 0 heterocycles. The molecule has 0 fully saturated rings. The number of hydrazone groups is 1. The van der Waals surface area contributed by atoms with Crippen molar-refractivity contribution in [3.63, 3.8) is 0 Å². The molecule has 6 heteroatoms. The van der Waals surface area contributed by atoms with Gasteiger partial charge in [0.2, 0.25) is 0 Å². The first kappa shape index (κ1) is 21.8. The van der Waals surface area contributed by atoms with Gasteiger partial charge in [-0.25, -0.2) is 5.43 Å². The van der Waals surface area contributed by atoms with Gasteiger partial charge < -0.3 is 10.1 Å². The third kappa shape index (κ3) is 6.54. The van der Waals surface area contributed by atoms with E-state index in [1.807, 2.05) is 57.2 Å². The van der Waals surface area contributed by atoms with Crippen LogP contribution < -0.4 is 15.5 Å². The lowest BCUT2D eigenvalue weighted by molar-refractivity contribution is -0.118. The van der Waals surface area contributed by atoms with E-state index >= 15 is 0 Å². The van der Waals surface area contributed by atoms with Gasteiger partial charge in [0.15, 0.2) is 6.61 Å². The Bertz CT molecular complexity index is 1110. The van der Waals surface area contributed by atoms with Crippen LogP contribution in [0.3, 0.4) is 0 Å². The lowest BCUT2D eigenvalue weighted by atomic mass is 10.1. The number of anilines is 1. The van der Waals surface area contributed by atoms with Gasteiger partial charge in [-0.15, -0.1) is 0 Å². The van der Waals surface area contributed by atoms with Gasteiger partial charge >= 0.3 is 0 Å². The predicted octanol–water partition coefficient (Wildman–Crippen LogP) is 4.39. The van der Waals surface area contributed by atoms with Crippen LogP contribution in [0, 0.1) is 20.8 Å². The number of hydrogen-bond donors (Lipinski definition) is 2. The minimum absolute atomic E-state index is 0.113. The molecule has 0 unspecified atom stereocenters. The Kier molecular flexibility index (Phi) is 7.17. The maximum absolute atomic E-state index is 12.2. The minimum Gasteiger partial charge on any atom is -0.484 e. The second kappa shape index (κ2) is 10.2. The summed E-state index contributed by atoms with van der Waals surface area (Å²) < 4.78 is 5.59. The smallest absolute Gasteiger partial charge is 0.271 e. The zero-order chi connectivity index (χ0) is 22.2. The Balaban J connectivity index is 1.52. The first-order valence-corrected chi connectivity index (χ1v) is 9.91. The fourth-order valence-corrected chi connectivity index (χ4v) is 2.91. The fraction of sp³-hybridized carbons (Fsp3) is 0.160. The lowest BCUT2D eigenvalue weighted by Crippen LogP contribution is -2.20. The number of hydrogen-bond acceptors (Lipinski definition) is 4. The summed E-state index contributed by atoms with van der Waals surface area (Å²) in [6.45, 7) is 5.80. The summed E-state index contributed by atoms with van der Waals surface area (Å²) in [5, 5.41) is 6.84. The average Bonchev–Trinajstić information content (AvgIpc) is 2.75. The summed E-state index contributed by atoms with van der Waals surface area (Å²) in [6.07, 6.45) is 1.52. The molecule has 0 aliphatic rings. The molecule has 0 saturated heterocycles. The number of amides is 2. The standard InChI is InChI=1S/C25H25N3O3/c1-17-7-10-21(11-8-17)25(30)28-26-15-20-5-4-6-22(14-20)31-16-24(29)27-23-12-9-18(2)13-19(23)3/h4-15H,16H2,1-3H3,(H,27,29)(H,28,30)/b26-15+. The first-order chi connectivity index (χ1) is 14.9. The summed E-state index contributed by atoms with van der Waals surface area (Å²) >= 11 is 0. The van der Waals surface area contributed by atoms with Crippen molar-refractivity contribution in [2.24, 2.45) is 5.10 Å². The fourth-order valence-electron chi connectivity index (χ4n) is 2.91. The highest BCUT2D eigenvalue weighted by molar-refractivity contribution is 5.95. The summed E-state index contributed by atoms with van der Waals surface area (Å²) in [7, 11) is 0. The number of carbonyl (C=O) groups excluding carboxylic acids is 2. The molecule has 3 aromatic rings. The molecule has 0 aliphatic carbocycles. The van der Waals surface area contributed by atoms with Gasteiger partial charge in [-0.3, -0.25) is 9.59 Å². The van der Waals surface area contributed by atoms with Crippen LogP contribution >= 0.6 is 0 Å². The van der Waals surface area contributed by atoms with Crippen LogP contribution in [-0.2, 0) is 4.79 Å². The van der Waals surface area contributed by atoms with E-state index in [0.29, 0.717) is 11.3 Å². The largest absolute Gasteiger partial charge is 0.484 e. The molecular weight excluding hydrogens is 390 g/mol. The Labute approximate surface area is 182 Å². The maximum Gasteiger partial charge on any atom is 0.271 e. The van der Waals surface area contributed by atoms with E-state index < -0.39 is 0 Å². The van der Waals surface area contributed by atoms with Gasteiger partial charge in [-0.05, 0) is 62.2 Å². The molecule has 0 radical (unpaired) electrons. The van der Waals surface area contributed by atoms with Gasteiger partial charge in [0.1, 0.15) is 5.75 Å². The van der Waals surface area contributed by atoms with Crippen molar-refractivity contribution >= 4 is 23.7 Å². The molecule has 0 aliphatic heterocycles. The highest BCUT2D eigenvalue weighted by Gasteiger charge is 2.07. The molecule has 3 aromatic carbocycles. The quantitative estimate of drug-likeness (QED) is 0.444. The predicted molar refractivity (Wildman–Crippen MR) is 123 cm³/mol. The SMILES string of the molecule is Cc1ccc(C(=O)N/N=C/c2cccc(OCC(=O)Nc3ccc(C)cc3C)c2)cc1. The van der Waals surface area contributed by atoms with Gasteiger partial charge in [0.05, 0.1) is 6.21 Å². The van der Waals surface area contributed by atoms with Crippen LogP contribution in [0.4, 0.5) is 5.69 Å². The van der Waals surface area contributed by atoms with E-state index in [4.69, 9.17) is 4.74 Å². The number of nitrogens with one attached hydrogen (secondary N) is 2. The second-order valence-corrected chi connectivity index (χ2v) is 7.29. The Morgan fingerprint density at radius 3 is 2.42 bits per heavy atom. The molecule has 0 bridgehead atoms. The third-order valence-corrected chi connectivity index (χ3v) is 4.58. The van der Waals surface area contributed by atoms with Crippen molar-refractivity contribution in [2.75, 3.05) is 11.9 Å². The van der Waals surface area contributed by atoms with Crippen molar-refractivity contribution in [1.29, 1.82) is 0 Å². The van der Waals surface area contributed by atoms with Crippen LogP contribution in [0.1, 0.15) is 32.6 Å². The molecule has 3 rings (SSSR count). The highest BCUT2D eigenvalue weighted by Crippen LogP contribution is 2.16. The van der Waals surface area contributed by atoms with Crippen molar-refractivity contribution in [2.45, 2.75) is 20.8 Å². The van der Waals surface area contributed by atoms with Gasteiger partial charge in [-0.2, -0.15) is 5.10 Å². The van der Waals surface area contributed by atoms with E-state index in [9.17, 15) is 9.59 Å². The normalized spacial score (nSPS) is 10.7. The van der Waals surface area contributed by atoms with Crippen LogP contribution in [0.15, 0.2) is 71.8 Å². The lowest BCUT2D eigenvalue weighted by Gasteiger charge is -2.10. The van der Waals surface area contributed by atoms with Crippen LogP contribution in [-0.4, -0.2) is 24.6 Å². The summed E-state index contributed by atoms with van der Waals surface area (Å²) in [6, 6.07) is 20.2. The molecule has 6 nitrogen and oxygen atoms in total. The van der Waals surface area contributed by atoms with Crippen LogP contribution in [0.25, 0.3) is 0 Å². The van der Waals surface area contributed by atoms with Gasteiger partial charge in [0.25, 0.3) is 11.8 Å². The van der Waals surface area contributed by atoms with Crippen molar-refractivity contribution in [1.82, 2.24) is 5.43 Å². The van der Waals surface area contributed by atoms with Gasteiger partial charge in [0, 0.05) is 11.3 Å². The van der Waals surface area contributed by atoms with Crippen LogP contribution in [0.5, 0.6) is 5.75 Å². The summed E-state index contributed by atoms with van der Waals surface area (Å²) in [5.41, 5.74) is 7.76. The number of benzene rings is 3. The molecule has 0 aromatic heterocycles. The number of aryl methyl sites for hydroxylation is 3. The second-order valence-electron chi connectivity index (χ2n) is 7.29. The van der Waals surface area contributed by atoms with Crippen molar-refractivity contribution in [3.8, 4) is 5.75 Å². The Morgan fingerprint density at radius 1 is 0.935 bits per heavy atom. The Morgan fingerprint density at radius 2 is 1.68 bits per heavy atom. The number of ether oxygens (including phenoxy) is 1. The molecule has 0 spiro atoms. The van der Waals surface area contributed by atoms with E-state index in [0.717, 1.165) is 27.9 Å². The highest BCUT2D eigenvalue weighted by atomic mass is 16.5. The molecule has 2 amide bonds. The van der Waals surface area contributed by atoms with Crippen molar-refractivity contribution in [3.05, 3.63) is 94.5 Å². The average molecular weight is 415 g/mol. The monoisotopic (exact) mass is 415 g/mol. The molecule has 158 valence electrons. The topological polar surface area (TPSA) is 79.8 Å². The number of rotatable bonds is 7. The Hall–Kier alpha value is -3.93. The third-order valence-electron chi connectivity index (χ3n) is 4.58. The van der Waals surface area contributed by atoms with E-state index in [1.54, 1.807) is 30.3 Å². The number of nitrogens with zero attached hydrogens (tertiary/aromatic N) is 1. The minimum atomic E-state index is -0.285. The zero-order valence-electron chi connectivity index (χ0n) is 17.8. The van der Waals surface area contributed by atoms with E-state index in [-0.39, 0.29) is 18.4 Å². The van der Waals surface area contributed by atoms with Crippen LogP contribution in [0.2, 0.25) is 0 Å². The van der Waals surface area contributed by atoms with E-state index in [1.165, 1.54) is 6.21 Å². The maximum atomic E-state index is 12.2. The summed E-state index contributed by atoms with van der Waals surface area (Å²) in [5.74, 6) is 0.00713. The van der Waals surface area contributed by atoms with Crippen molar-refractivity contribution < 1.29 is 14.3 Å². The zero-order valence-corrected chi connectivity index (χ0v) is 17.8. The molecule has 0 saturated carbocycles. The van der Waals surface area contributed by atoms with E-state index in [2.05, 4.69) is 15.8 Å². The molecule has 0 atom stereocenters. The van der Waals surface area contributed by atoms with Gasteiger partial charge in [-0.1, -0.05) is 47.5 Å². The number of carbonyl (C=O) groups is 2. The molecule has 31 heavy (non-hydrogen) atoms. The molecular formula is C25H25N3O3. The first-order valence-electron chi connectivity index (χ1n) is 9.91. The molecule has 2 N–H and O–H groups in total.